The quantitative estimate of drug-likeness (QED) is 0.942. The van der Waals surface area contributed by atoms with E-state index < -0.39 is 0 Å². The smallest absolute Gasteiger partial charge is 0.216 e. The van der Waals surface area contributed by atoms with E-state index in [-0.39, 0.29) is 6.04 Å². The number of aromatic nitrogens is 2. The van der Waals surface area contributed by atoms with Crippen LogP contribution in [0.3, 0.4) is 0 Å². The van der Waals surface area contributed by atoms with E-state index >= 15 is 0 Å². The third kappa shape index (κ3) is 3.56. The maximum absolute atomic E-state index is 6.12. The number of nitrogens with two attached hydrogens (primary N) is 1. The summed E-state index contributed by atoms with van der Waals surface area (Å²) in [6, 6.07) is 6.72. The Balaban J connectivity index is 2.20. The topological polar surface area (TPSA) is 61.0 Å². The molecule has 100 valence electrons. The number of hydrogen-bond donors (Lipinski definition) is 1. The molecule has 0 aliphatic rings. The van der Waals surface area contributed by atoms with Crippen LogP contribution in [0.15, 0.2) is 30.6 Å². The highest BCUT2D eigenvalue weighted by atomic mass is 35.5. The molecule has 0 aliphatic heterocycles. The minimum atomic E-state index is -0.298. The fourth-order valence-electron chi connectivity index (χ4n) is 1.71. The minimum absolute atomic E-state index is 0.298. The van der Waals surface area contributed by atoms with Crippen LogP contribution in [0.1, 0.15) is 17.3 Å². The van der Waals surface area contributed by atoms with E-state index in [4.69, 9.17) is 33.7 Å². The van der Waals surface area contributed by atoms with Crippen LogP contribution in [0.5, 0.6) is 5.88 Å². The molecule has 0 spiro atoms. The Kier molecular flexibility index (Phi) is 4.58. The fraction of sp³-hybridized carbons (Fsp3) is 0.231. The van der Waals surface area contributed by atoms with Gasteiger partial charge < -0.3 is 10.5 Å². The number of benzene rings is 1. The molecule has 0 saturated carbocycles. The van der Waals surface area contributed by atoms with E-state index in [1.807, 2.05) is 6.07 Å². The van der Waals surface area contributed by atoms with Crippen molar-refractivity contribution in [3.63, 3.8) is 0 Å². The average molecular weight is 298 g/mol. The molecule has 6 heteroatoms. The van der Waals surface area contributed by atoms with E-state index in [0.29, 0.717) is 28.0 Å². The summed E-state index contributed by atoms with van der Waals surface area (Å²) in [5, 5.41) is 1.27. The molecule has 4 nitrogen and oxygen atoms in total. The molecule has 1 atom stereocenters. The first-order valence-corrected chi connectivity index (χ1v) is 6.41. The third-order valence-corrected chi connectivity index (χ3v) is 3.30. The van der Waals surface area contributed by atoms with Crippen molar-refractivity contribution in [2.45, 2.75) is 12.5 Å². The van der Waals surface area contributed by atoms with Crippen LogP contribution < -0.4 is 10.5 Å². The highest BCUT2D eigenvalue weighted by Crippen LogP contribution is 2.25. The molecule has 1 aromatic heterocycles. The normalized spacial score (nSPS) is 12.2. The molecular formula is C13H13Cl2N3O. The lowest BCUT2D eigenvalue weighted by atomic mass is 10.0. The first-order chi connectivity index (χ1) is 9.10. The molecule has 0 radical (unpaired) electrons. The van der Waals surface area contributed by atoms with Crippen molar-refractivity contribution in [3.05, 3.63) is 51.9 Å². The van der Waals surface area contributed by atoms with Gasteiger partial charge in [0, 0.05) is 16.1 Å². The molecular weight excluding hydrogens is 285 g/mol. The van der Waals surface area contributed by atoms with Crippen LogP contribution in [0.4, 0.5) is 0 Å². The van der Waals surface area contributed by atoms with Crippen LogP contribution in [-0.2, 0) is 6.42 Å². The molecule has 2 rings (SSSR count). The van der Waals surface area contributed by atoms with Crippen molar-refractivity contribution in [1.29, 1.82) is 0 Å². The largest absolute Gasteiger partial charge is 0.481 e. The molecule has 0 amide bonds. The molecule has 19 heavy (non-hydrogen) atoms. The summed E-state index contributed by atoms with van der Waals surface area (Å²) in [6.07, 6.45) is 1.97. The highest BCUT2D eigenvalue weighted by Gasteiger charge is 2.12. The molecule has 1 unspecified atom stereocenters. The number of halogens is 2. The summed E-state index contributed by atoms with van der Waals surface area (Å²) in [5.74, 6) is 0.484. The maximum atomic E-state index is 6.12. The van der Waals surface area contributed by atoms with Crippen molar-refractivity contribution in [2.75, 3.05) is 7.11 Å². The predicted molar refractivity (Wildman–Crippen MR) is 75.7 cm³/mol. The average Bonchev–Trinajstić information content (AvgIpc) is 2.43. The van der Waals surface area contributed by atoms with Crippen LogP contribution in [-0.4, -0.2) is 17.1 Å². The second-order valence-electron chi connectivity index (χ2n) is 4.03. The van der Waals surface area contributed by atoms with Gasteiger partial charge in [-0.15, -0.1) is 0 Å². The molecule has 0 bridgehead atoms. The monoisotopic (exact) mass is 297 g/mol. The Bertz CT molecular complexity index is 578. The zero-order chi connectivity index (χ0) is 13.8. The van der Waals surface area contributed by atoms with Crippen LogP contribution in [0.2, 0.25) is 10.0 Å². The molecule has 0 fully saturated rings. The molecule has 1 heterocycles. The first kappa shape index (κ1) is 14.1. The second-order valence-corrected chi connectivity index (χ2v) is 4.88. The zero-order valence-corrected chi connectivity index (χ0v) is 11.8. The summed E-state index contributed by atoms with van der Waals surface area (Å²) in [6.45, 7) is 0. The van der Waals surface area contributed by atoms with Gasteiger partial charge in [0.2, 0.25) is 5.88 Å². The molecule has 1 aromatic carbocycles. The molecule has 2 N–H and O–H groups in total. The number of hydrogen-bond acceptors (Lipinski definition) is 4. The van der Waals surface area contributed by atoms with E-state index in [1.165, 1.54) is 6.33 Å². The number of rotatable bonds is 4. The fourth-order valence-corrected chi connectivity index (χ4v) is 2.10. The van der Waals surface area contributed by atoms with Crippen molar-refractivity contribution >= 4 is 23.2 Å². The van der Waals surface area contributed by atoms with Gasteiger partial charge in [0.05, 0.1) is 18.8 Å². The lowest BCUT2D eigenvalue weighted by molar-refractivity contribution is 0.395. The van der Waals surface area contributed by atoms with E-state index in [0.717, 1.165) is 5.56 Å². The second kappa shape index (κ2) is 6.19. The van der Waals surface area contributed by atoms with Crippen molar-refractivity contribution < 1.29 is 4.74 Å². The summed E-state index contributed by atoms with van der Waals surface area (Å²) in [7, 11) is 1.55. The lowest BCUT2D eigenvalue weighted by Crippen LogP contribution is -2.15. The minimum Gasteiger partial charge on any atom is -0.481 e. The Morgan fingerprint density at radius 1 is 1.26 bits per heavy atom. The van der Waals surface area contributed by atoms with E-state index in [9.17, 15) is 0 Å². The zero-order valence-electron chi connectivity index (χ0n) is 10.3. The van der Waals surface area contributed by atoms with E-state index in [2.05, 4.69) is 9.97 Å². The summed E-state index contributed by atoms with van der Waals surface area (Å²) >= 11 is 12.1. The third-order valence-electron chi connectivity index (χ3n) is 2.70. The summed E-state index contributed by atoms with van der Waals surface area (Å²) in [4.78, 5) is 8.09. The standard InChI is InChI=1S/C13H13Cl2N3O/c1-19-13-6-12(17-7-18-13)11(16)5-8-4-9(14)2-3-10(8)15/h2-4,6-7,11H,5,16H2,1H3. The molecule has 0 saturated heterocycles. The van der Waals surface area contributed by atoms with Gasteiger partial charge in [-0.05, 0) is 30.2 Å². The number of methoxy groups -OCH3 is 1. The Morgan fingerprint density at radius 3 is 2.79 bits per heavy atom. The number of ether oxygens (including phenoxy) is 1. The van der Waals surface area contributed by atoms with Gasteiger partial charge in [-0.3, -0.25) is 0 Å². The van der Waals surface area contributed by atoms with Crippen molar-refractivity contribution in [3.8, 4) is 5.88 Å². The lowest BCUT2D eigenvalue weighted by Gasteiger charge is -2.13. The van der Waals surface area contributed by atoms with Gasteiger partial charge in [-0.2, -0.15) is 0 Å². The summed E-state index contributed by atoms with van der Waals surface area (Å²) in [5.41, 5.74) is 7.71. The van der Waals surface area contributed by atoms with Crippen molar-refractivity contribution in [2.24, 2.45) is 5.73 Å². The van der Waals surface area contributed by atoms with Crippen LogP contribution in [0, 0.1) is 0 Å². The van der Waals surface area contributed by atoms with Gasteiger partial charge in [-0.1, -0.05) is 23.2 Å². The maximum Gasteiger partial charge on any atom is 0.216 e. The van der Waals surface area contributed by atoms with Crippen molar-refractivity contribution in [1.82, 2.24) is 9.97 Å². The van der Waals surface area contributed by atoms with Crippen LogP contribution >= 0.6 is 23.2 Å². The summed E-state index contributed by atoms with van der Waals surface area (Å²) < 4.78 is 5.04. The van der Waals surface area contributed by atoms with Gasteiger partial charge in [-0.25, -0.2) is 9.97 Å². The van der Waals surface area contributed by atoms with Gasteiger partial charge in [0.25, 0.3) is 0 Å². The van der Waals surface area contributed by atoms with Gasteiger partial charge >= 0.3 is 0 Å². The highest BCUT2D eigenvalue weighted by molar-refractivity contribution is 6.33. The molecule has 2 aromatic rings. The van der Waals surface area contributed by atoms with Gasteiger partial charge in [0.1, 0.15) is 6.33 Å². The Hall–Kier alpha value is -1.36. The first-order valence-electron chi connectivity index (χ1n) is 5.65. The van der Waals surface area contributed by atoms with E-state index in [1.54, 1.807) is 25.3 Å². The Morgan fingerprint density at radius 2 is 2.05 bits per heavy atom. The predicted octanol–water partition coefficient (Wildman–Crippen LogP) is 3.03. The molecule has 0 aliphatic carbocycles. The van der Waals surface area contributed by atoms with Crippen LogP contribution in [0.25, 0.3) is 0 Å². The van der Waals surface area contributed by atoms with Gasteiger partial charge in [0.15, 0.2) is 0 Å². The number of nitrogens with zero attached hydrogens (tertiary/aromatic N) is 2. The SMILES string of the molecule is COc1cc(C(N)Cc2cc(Cl)ccc2Cl)ncn1. The Labute approximate surface area is 121 Å².